The molecule has 2 aliphatic rings. The van der Waals surface area contributed by atoms with Crippen LogP contribution in [0.15, 0.2) is 58.6 Å². The number of aryl methyl sites for hydroxylation is 1. The number of rotatable bonds is 4. The smallest absolute Gasteiger partial charge is 0.295 e. The highest BCUT2D eigenvalue weighted by Crippen LogP contribution is 2.40. The number of ketones is 1. The number of amides is 1. The fraction of sp³-hybridized carbons (Fsp3) is 0.304. The van der Waals surface area contributed by atoms with Gasteiger partial charge in [0.25, 0.3) is 11.7 Å². The third-order valence-electron chi connectivity index (χ3n) is 5.48. The van der Waals surface area contributed by atoms with Gasteiger partial charge in [-0.3, -0.25) is 9.59 Å². The standard InChI is InChI=1S/C23H22BrNO4/c1-14-4-6-15(7-5-14)20-19(21(26)16-8-10-17(24)11-9-16)22(27)23(28)25(20)13-18-3-2-12-29-18/h4-11,18,20,26H,2-3,12-13H2,1H3. The number of hydrogen-bond acceptors (Lipinski definition) is 4. The Bertz CT molecular complexity index is 959. The molecule has 0 spiro atoms. The lowest BCUT2D eigenvalue weighted by molar-refractivity contribution is -0.140. The summed E-state index contributed by atoms with van der Waals surface area (Å²) in [4.78, 5) is 27.4. The summed E-state index contributed by atoms with van der Waals surface area (Å²) in [6.07, 6.45) is 1.72. The van der Waals surface area contributed by atoms with Gasteiger partial charge in [0.1, 0.15) is 5.76 Å². The monoisotopic (exact) mass is 455 g/mol. The van der Waals surface area contributed by atoms with Crippen LogP contribution in [0.4, 0.5) is 0 Å². The number of ether oxygens (including phenoxy) is 1. The molecule has 0 radical (unpaired) electrons. The quantitative estimate of drug-likeness (QED) is 0.422. The molecular weight excluding hydrogens is 434 g/mol. The maximum atomic E-state index is 13.0. The molecular formula is C23H22BrNO4. The minimum Gasteiger partial charge on any atom is -0.507 e. The second kappa shape index (κ2) is 8.13. The molecule has 0 aliphatic carbocycles. The van der Waals surface area contributed by atoms with E-state index in [9.17, 15) is 14.7 Å². The van der Waals surface area contributed by atoms with Gasteiger partial charge in [0.05, 0.1) is 17.7 Å². The van der Waals surface area contributed by atoms with Crippen LogP contribution in [0.3, 0.4) is 0 Å². The Kier molecular flexibility index (Phi) is 5.56. The van der Waals surface area contributed by atoms with Gasteiger partial charge in [-0.2, -0.15) is 0 Å². The average molecular weight is 456 g/mol. The van der Waals surface area contributed by atoms with Gasteiger partial charge in [0.2, 0.25) is 0 Å². The van der Waals surface area contributed by atoms with E-state index >= 15 is 0 Å². The minimum absolute atomic E-state index is 0.0890. The maximum absolute atomic E-state index is 13.0. The van der Waals surface area contributed by atoms with Crippen molar-refractivity contribution >= 4 is 33.4 Å². The number of carbonyl (C=O) groups is 2. The molecule has 2 heterocycles. The molecule has 150 valence electrons. The molecule has 29 heavy (non-hydrogen) atoms. The van der Waals surface area contributed by atoms with Gasteiger partial charge in [-0.25, -0.2) is 0 Å². The van der Waals surface area contributed by atoms with Crippen molar-refractivity contribution in [3.63, 3.8) is 0 Å². The first-order valence-electron chi connectivity index (χ1n) is 9.68. The first-order chi connectivity index (χ1) is 14.0. The number of Topliss-reactive ketones (excluding diaryl/α,β-unsaturated/α-hetero) is 1. The summed E-state index contributed by atoms with van der Waals surface area (Å²) in [7, 11) is 0. The Labute approximate surface area is 178 Å². The zero-order valence-corrected chi connectivity index (χ0v) is 17.7. The molecule has 0 aromatic heterocycles. The topological polar surface area (TPSA) is 66.8 Å². The number of likely N-dealkylation sites (tertiary alicyclic amines) is 1. The Balaban J connectivity index is 1.81. The van der Waals surface area contributed by atoms with Crippen LogP contribution in [0.2, 0.25) is 0 Å². The summed E-state index contributed by atoms with van der Waals surface area (Å²) in [5, 5.41) is 11.0. The number of benzene rings is 2. The van der Waals surface area contributed by atoms with Crippen molar-refractivity contribution in [2.24, 2.45) is 0 Å². The molecule has 5 nitrogen and oxygen atoms in total. The van der Waals surface area contributed by atoms with Gasteiger partial charge < -0.3 is 14.7 Å². The van der Waals surface area contributed by atoms with Crippen molar-refractivity contribution < 1.29 is 19.4 Å². The van der Waals surface area contributed by atoms with Crippen LogP contribution in [-0.2, 0) is 14.3 Å². The molecule has 1 N–H and O–H groups in total. The minimum atomic E-state index is -0.658. The average Bonchev–Trinajstić information content (AvgIpc) is 3.31. The summed E-state index contributed by atoms with van der Waals surface area (Å²) in [5.74, 6) is -1.41. The van der Waals surface area contributed by atoms with E-state index in [1.54, 1.807) is 29.2 Å². The number of carbonyl (C=O) groups excluding carboxylic acids is 2. The number of aliphatic hydroxyl groups excluding tert-OH is 1. The predicted molar refractivity (Wildman–Crippen MR) is 113 cm³/mol. The van der Waals surface area contributed by atoms with E-state index < -0.39 is 17.7 Å². The second-order valence-electron chi connectivity index (χ2n) is 7.50. The van der Waals surface area contributed by atoms with Gasteiger partial charge in [-0.1, -0.05) is 57.9 Å². The largest absolute Gasteiger partial charge is 0.507 e. The highest BCUT2D eigenvalue weighted by molar-refractivity contribution is 9.10. The molecule has 0 saturated carbocycles. The lowest BCUT2D eigenvalue weighted by Gasteiger charge is -2.27. The summed E-state index contributed by atoms with van der Waals surface area (Å²) in [6, 6.07) is 14.1. The molecule has 0 bridgehead atoms. The van der Waals surface area contributed by atoms with E-state index in [4.69, 9.17) is 4.74 Å². The molecule has 4 rings (SSSR count). The Morgan fingerprint density at radius 2 is 1.83 bits per heavy atom. The molecule has 2 aromatic rings. The number of aliphatic hydroxyl groups is 1. The molecule has 2 aliphatic heterocycles. The molecule has 2 saturated heterocycles. The molecule has 2 unspecified atom stereocenters. The number of nitrogens with zero attached hydrogens (tertiary/aromatic N) is 1. The normalized spacial score (nSPS) is 23.7. The molecule has 2 atom stereocenters. The molecule has 2 aromatic carbocycles. The van der Waals surface area contributed by atoms with E-state index in [0.717, 1.165) is 28.4 Å². The van der Waals surface area contributed by atoms with Crippen molar-refractivity contribution in [1.82, 2.24) is 4.90 Å². The van der Waals surface area contributed by atoms with Crippen LogP contribution >= 0.6 is 15.9 Å². The Morgan fingerprint density at radius 1 is 1.14 bits per heavy atom. The van der Waals surface area contributed by atoms with Crippen LogP contribution in [-0.4, -0.2) is 41.0 Å². The van der Waals surface area contributed by atoms with E-state index in [1.807, 2.05) is 31.2 Å². The summed E-state index contributed by atoms with van der Waals surface area (Å²) in [6.45, 7) is 2.98. The van der Waals surface area contributed by atoms with E-state index in [-0.39, 0.29) is 17.4 Å². The van der Waals surface area contributed by atoms with Gasteiger partial charge in [-0.05, 0) is 37.5 Å². The van der Waals surface area contributed by atoms with Crippen molar-refractivity contribution in [3.8, 4) is 0 Å². The Hall–Kier alpha value is -2.44. The number of halogens is 1. The highest BCUT2D eigenvalue weighted by Gasteiger charge is 2.46. The first kappa shape index (κ1) is 19.9. The van der Waals surface area contributed by atoms with Crippen LogP contribution in [0, 0.1) is 6.92 Å². The van der Waals surface area contributed by atoms with E-state index in [2.05, 4.69) is 15.9 Å². The summed E-state index contributed by atoms with van der Waals surface area (Å²) >= 11 is 3.37. The van der Waals surface area contributed by atoms with Crippen molar-refractivity contribution in [2.75, 3.05) is 13.2 Å². The second-order valence-corrected chi connectivity index (χ2v) is 8.42. The lowest BCUT2D eigenvalue weighted by atomic mass is 9.94. The van der Waals surface area contributed by atoms with Crippen molar-refractivity contribution in [3.05, 3.63) is 75.3 Å². The molecule has 1 amide bonds. The van der Waals surface area contributed by atoms with Crippen molar-refractivity contribution in [2.45, 2.75) is 31.9 Å². The van der Waals surface area contributed by atoms with Crippen LogP contribution < -0.4 is 0 Å². The summed E-state index contributed by atoms with van der Waals surface area (Å²) < 4.78 is 6.57. The van der Waals surface area contributed by atoms with Gasteiger partial charge in [0.15, 0.2) is 0 Å². The van der Waals surface area contributed by atoms with Gasteiger partial charge in [-0.15, -0.1) is 0 Å². The van der Waals surface area contributed by atoms with Gasteiger partial charge >= 0.3 is 0 Å². The first-order valence-corrected chi connectivity index (χ1v) is 10.5. The van der Waals surface area contributed by atoms with Gasteiger partial charge in [0, 0.05) is 23.2 Å². The zero-order valence-electron chi connectivity index (χ0n) is 16.1. The van der Waals surface area contributed by atoms with Crippen LogP contribution in [0.1, 0.15) is 35.6 Å². The SMILES string of the molecule is Cc1ccc(C2C(=C(O)c3ccc(Br)cc3)C(=O)C(=O)N2CC2CCCO2)cc1. The number of hydrogen-bond donors (Lipinski definition) is 1. The summed E-state index contributed by atoms with van der Waals surface area (Å²) in [5.41, 5.74) is 2.50. The van der Waals surface area contributed by atoms with E-state index in [1.165, 1.54) is 0 Å². The van der Waals surface area contributed by atoms with E-state index in [0.29, 0.717) is 18.7 Å². The zero-order chi connectivity index (χ0) is 20.5. The fourth-order valence-corrected chi connectivity index (χ4v) is 4.20. The third-order valence-corrected chi connectivity index (χ3v) is 6.00. The Morgan fingerprint density at radius 3 is 2.45 bits per heavy atom. The fourth-order valence-electron chi connectivity index (χ4n) is 3.93. The maximum Gasteiger partial charge on any atom is 0.295 e. The van der Waals surface area contributed by atoms with Crippen LogP contribution in [0.25, 0.3) is 5.76 Å². The molecule has 6 heteroatoms. The lowest BCUT2D eigenvalue weighted by Crippen LogP contribution is -2.36. The van der Waals surface area contributed by atoms with Crippen LogP contribution in [0.5, 0.6) is 0 Å². The predicted octanol–water partition coefficient (Wildman–Crippen LogP) is 4.36. The van der Waals surface area contributed by atoms with Crippen molar-refractivity contribution in [1.29, 1.82) is 0 Å². The third kappa shape index (κ3) is 3.87. The molecule has 2 fully saturated rings. The highest BCUT2D eigenvalue weighted by atomic mass is 79.9.